The SMILES string of the molecule is CC/C(=N\Nc1nc2ccccc2s1)c1ccccn1. The van der Waals surface area contributed by atoms with Crippen LogP contribution in [0.2, 0.25) is 0 Å². The van der Waals surface area contributed by atoms with E-state index in [2.05, 4.69) is 33.5 Å². The molecule has 0 spiro atoms. The van der Waals surface area contributed by atoms with Crippen molar-refractivity contribution in [1.82, 2.24) is 9.97 Å². The summed E-state index contributed by atoms with van der Waals surface area (Å²) in [7, 11) is 0. The Kier molecular flexibility index (Phi) is 3.69. The van der Waals surface area contributed by atoms with Crippen LogP contribution >= 0.6 is 11.3 Å². The number of thiazole rings is 1. The minimum absolute atomic E-state index is 0.799. The van der Waals surface area contributed by atoms with Crippen LogP contribution < -0.4 is 5.43 Å². The second-order valence-corrected chi connectivity index (χ2v) is 5.26. The Bertz CT molecular complexity index is 701. The van der Waals surface area contributed by atoms with Gasteiger partial charge in [0.2, 0.25) is 5.13 Å². The molecule has 0 radical (unpaired) electrons. The molecule has 0 bridgehead atoms. The van der Waals surface area contributed by atoms with Crippen molar-refractivity contribution in [3.8, 4) is 0 Å². The molecule has 0 unspecified atom stereocenters. The van der Waals surface area contributed by atoms with Crippen molar-refractivity contribution < 1.29 is 0 Å². The van der Waals surface area contributed by atoms with E-state index in [9.17, 15) is 0 Å². The molecule has 1 N–H and O–H groups in total. The fourth-order valence-corrected chi connectivity index (χ4v) is 2.69. The van der Waals surface area contributed by atoms with Crippen LogP contribution in [-0.2, 0) is 0 Å². The van der Waals surface area contributed by atoms with Gasteiger partial charge in [-0.3, -0.25) is 10.4 Å². The molecule has 2 heterocycles. The molecule has 0 atom stereocenters. The zero-order chi connectivity index (χ0) is 13.8. The van der Waals surface area contributed by atoms with Crippen LogP contribution in [0.25, 0.3) is 10.2 Å². The van der Waals surface area contributed by atoms with Crippen LogP contribution in [0.15, 0.2) is 53.8 Å². The number of anilines is 1. The average Bonchev–Trinajstić information content (AvgIpc) is 2.92. The lowest BCUT2D eigenvalue weighted by molar-refractivity contribution is 1.17. The quantitative estimate of drug-likeness (QED) is 0.583. The Labute approximate surface area is 121 Å². The molecule has 2 aromatic heterocycles. The smallest absolute Gasteiger partial charge is 0.204 e. The van der Waals surface area contributed by atoms with Crippen molar-refractivity contribution in [2.45, 2.75) is 13.3 Å². The van der Waals surface area contributed by atoms with Gasteiger partial charge in [-0.1, -0.05) is 36.5 Å². The van der Waals surface area contributed by atoms with Crippen LogP contribution in [0, 0.1) is 0 Å². The van der Waals surface area contributed by atoms with Gasteiger partial charge in [0, 0.05) is 6.20 Å². The zero-order valence-electron chi connectivity index (χ0n) is 11.1. The molecule has 0 saturated heterocycles. The number of para-hydroxylation sites is 1. The van der Waals surface area contributed by atoms with E-state index in [1.807, 2.05) is 36.4 Å². The van der Waals surface area contributed by atoms with Crippen molar-refractivity contribution >= 4 is 32.4 Å². The topological polar surface area (TPSA) is 50.2 Å². The molecule has 0 aliphatic heterocycles. The minimum Gasteiger partial charge on any atom is -0.255 e. The van der Waals surface area contributed by atoms with Gasteiger partial charge in [-0.05, 0) is 30.7 Å². The van der Waals surface area contributed by atoms with Crippen LogP contribution in [0.3, 0.4) is 0 Å². The molecule has 0 amide bonds. The van der Waals surface area contributed by atoms with Crippen molar-refractivity contribution in [1.29, 1.82) is 0 Å². The largest absolute Gasteiger partial charge is 0.255 e. The normalized spacial score (nSPS) is 11.8. The molecular formula is C15H14N4S. The Morgan fingerprint density at radius 3 is 2.80 bits per heavy atom. The highest BCUT2D eigenvalue weighted by Gasteiger charge is 2.04. The number of benzene rings is 1. The summed E-state index contributed by atoms with van der Waals surface area (Å²) in [5.74, 6) is 0. The molecule has 0 fully saturated rings. The van der Waals surface area contributed by atoms with Gasteiger partial charge >= 0.3 is 0 Å². The molecule has 0 aliphatic rings. The highest BCUT2D eigenvalue weighted by Crippen LogP contribution is 2.25. The Morgan fingerprint density at radius 2 is 2.05 bits per heavy atom. The van der Waals surface area contributed by atoms with E-state index in [-0.39, 0.29) is 0 Å². The van der Waals surface area contributed by atoms with Gasteiger partial charge in [-0.2, -0.15) is 5.10 Å². The number of hydrogen-bond donors (Lipinski definition) is 1. The Balaban J connectivity index is 1.84. The molecule has 4 nitrogen and oxygen atoms in total. The Morgan fingerprint density at radius 1 is 1.20 bits per heavy atom. The number of fused-ring (bicyclic) bond motifs is 1. The maximum Gasteiger partial charge on any atom is 0.204 e. The predicted molar refractivity (Wildman–Crippen MR) is 84.3 cm³/mol. The van der Waals surface area contributed by atoms with E-state index in [1.165, 1.54) is 0 Å². The van der Waals surface area contributed by atoms with Gasteiger partial charge in [0.25, 0.3) is 0 Å². The molecule has 1 aromatic carbocycles. The molecule has 20 heavy (non-hydrogen) atoms. The van der Waals surface area contributed by atoms with Crippen LogP contribution in [0.1, 0.15) is 19.0 Å². The molecule has 3 rings (SSSR count). The highest BCUT2D eigenvalue weighted by atomic mass is 32.1. The first-order valence-electron chi connectivity index (χ1n) is 6.46. The van der Waals surface area contributed by atoms with Crippen LogP contribution in [0.4, 0.5) is 5.13 Å². The summed E-state index contributed by atoms with van der Waals surface area (Å²) in [6.45, 7) is 2.06. The highest BCUT2D eigenvalue weighted by molar-refractivity contribution is 7.22. The third-order valence-electron chi connectivity index (χ3n) is 2.88. The summed E-state index contributed by atoms with van der Waals surface area (Å²) in [4.78, 5) is 8.81. The number of nitrogens with one attached hydrogen (secondary N) is 1. The van der Waals surface area contributed by atoms with E-state index in [1.54, 1.807) is 17.5 Å². The van der Waals surface area contributed by atoms with Crippen molar-refractivity contribution in [2.24, 2.45) is 5.10 Å². The summed E-state index contributed by atoms with van der Waals surface area (Å²) in [6.07, 6.45) is 2.59. The summed E-state index contributed by atoms with van der Waals surface area (Å²) in [5.41, 5.74) is 5.84. The Hall–Kier alpha value is -2.27. The van der Waals surface area contributed by atoms with Crippen molar-refractivity contribution in [2.75, 3.05) is 5.43 Å². The number of aromatic nitrogens is 2. The monoisotopic (exact) mass is 282 g/mol. The first-order chi connectivity index (χ1) is 9.86. The van der Waals surface area contributed by atoms with Gasteiger partial charge in [-0.25, -0.2) is 4.98 Å². The third kappa shape index (κ3) is 2.67. The lowest BCUT2D eigenvalue weighted by atomic mass is 10.2. The third-order valence-corrected chi connectivity index (χ3v) is 3.82. The summed E-state index contributed by atoms with van der Waals surface area (Å²) >= 11 is 1.60. The fraction of sp³-hybridized carbons (Fsp3) is 0.133. The summed E-state index contributed by atoms with van der Waals surface area (Å²) in [5, 5.41) is 5.23. The standard InChI is InChI=1S/C15H14N4S/c1-2-11(12-7-5-6-10-16-12)18-19-15-17-13-8-3-4-9-14(13)20-15/h3-10H,2H2,1H3,(H,17,19)/b18-11+. The second kappa shape index (κ2) is 5.79. The van der Waals surface area contributed by atoms with Crippen LogP contribution in [0.5, 0.6) is 0 Å². The van der Waals surface area contributed by atoms with Gasteiger partial charge in [0.05, 0.1) is 21.6 Å². The predicted octanol–water partition coefficient (Wildman–Crippen LogP) is 3.92. The first-order valence-corrected chi connectivity index (χ1v) is 7.28. The number of hydrazone groups is 1. The fourth-order valence-electron chi connectivity index (χ4n) is 1.89. The zero-order valence-corrected chi connectivity index (χ0v) is 11.9. The summed E-state index contributed by atoms with van der Waals surface area (Å²) in [6, 6.07) is 13.9. The van der Waals surface area contributed by atoms with E-state index in [4.69, 9.17) is 0 Å². The van der Waals surface area contributed by atoms with Crippen molar-refractivity contribution in [3.63, 3.8) is 0 Å². The van der Waals surface area contributed by atoms with E-state index < -0.39 is 0 Å². The lowest BCUT2D eigenvalue weighted by Crippen LogP contribution is -2.04. The molecule has 100 valence electrons. The number of rotatable bonds is 4. The van der Waals surface area contributed by atoms with Gasteiger partial charge < -0.3 is 0 Å². The van der Waals surface area contributed by atoms with E-state index >= 15 is 0 Å². The lowest BCUT2D eigenvalue weighted by Gasteiger charge is -2.02. The van der Waals surface area contributed by atoms with Crippen molar-refractivity contribution in [3.05, 3.63) is 54.4 Å². The number of hydrogen-bond acceptors (Lipinski definition) is 5. The maximum atomic E-state index is 4.49. The van der Waals surface area contributed by atoms with Gasteiger partial charge in [-0.15, -0.1) is 0 Å². The minimum atomic E-state index is 0.799. The average molecular weight is 282 g/mol. The van der Waals surface area contributed by atoms with E-state index in [0.717, 1.165) is 33.2 Å². The molecule has 0 aliphatic carbocycles. The first kappa shape index (κ1) is 12.7. The van der Waals surface area contributed by atoms with E-state index in [0.29, 0.717) is 0 Å². The molecule has 5 heteroatoms. The number of pyridine rings is 1. The number of nitrogens with zero attached hydrogens (tertiary/aromatic N) is 3. The molecule has 0 saturated carbocycles. The maximum absolute atomic E-state index is 4.49. The second-order valence-electron chi connectivity index (χ2n) is 4.23. The van der Waals surface area contributed by atoms with Gasteiger partial charge in [0.15, 0.2) is 0 Å². The van der Waals surface area contributed by atoms with Gasteiger partial charge in [0.1, 0.15) is 0 Å². The van der Waals surface area contributed by atoms with Crippen LogP contribution in [-0.4, -0.2) is 15.7 Å². The molecular weight excluding hydrogens is 268 g/mol. The summed E-state index contributed by atoms with van der Waals surface area (Å²) < 4.78 is 1.15. The molecule has 3 aromatic rings.